The highest BCUT2D eigenvalue weighted by atomic mass is 32.2. The molecule has 1 aliphatic rings. The first kappa shape index (κ1) is 14.8. The standard InChI is InChI=1S/C16H16N2O3S/c19-22(20,18-15-8-4-5-11-17-15)16(9-10-16)13-21-12-14-6-2-1-3-7-14/h1-8H,9-10,12-13H2/p+1. The Morgan fingerprint density at radius 3 is 2.59 bits per heavy atom. The third-order valence-corrected chi connectivity index (χ3v) is 5.85. The summed E-state index contributed by atoms with van der Waals surface area (Å²) >= 11 is 0. The van der Waals surface area contributed by atoms with Gasteiger partial charge in [-0.1, -0.05) is 30.3 Å². The Bertz CT molecular complexity index is 714. The van der Waals surface area contributed by atoms with Crippen LogP contribution in [0.3, 0.4) is 0 Å². The number of rotatable bonds is 7. The highest BCUT2D eigenvalue weighted by Crippen LogP contribution is 2.44. The Morgan fingerprint density at radius 1 is 1.18 bits per heavy atom. The number of hydrogen-bond acceptors (Lipinski definition) is 3. The molecule has 6 heteroatoms. The normalized spacial score (nSPS) is 15.8. The van der Waals surface area contributed by atoms with Crippen LogP contribution >= 0.6 is 0 Å². The average molecular weight is 317 g/mol. The van der Waals surface area contributed by atoms with Crippen LogP contribution in [0.25, 0.3) is 0 Å². The molecule has 1 aliphatic carbocycles. The van der Waals surface area contributed by atoms with Gasteiger partial charge >= 0.3 is 15.8 Å². The van der Waals surface area contributed by atoms with Crippen LogP contribution in [0.2, 0.25) is 0 Å². The topological polar surface area (TPSA) is 69.5 Å². The predicted octanol–water partition coefficient (Wildman–Crippen LogP) is 1.58. The minimum atomic E-state index is -3.51. The van der Waals surface area contributed by atoms with Crippen molar-refractivity contribution in [3.63, 3.8) is 0 Å². The molecule has 114 valence electrons. The first-order valence-corrected chi connectivity index (χ1v) is 8.57. The van der Waals surface area contributed by atoms with Crippen LogP contribution in [0.5, 0.6) is 0 Å². The molecule has 2 aromatic rings. The lowest BCUT2D eigenvalue weighted by Gasteiger charge is -2.13. The van der Waals surface area contributed by atoms with E-state index in [1.165, 1.54) is 0 Å². The summed E-state index contributed by atoms with van der Waals surface area (Å²) in [6.45, 7) is 0.600. The molecular formula is C16H17N2O3S+. The summed E-state index contributed by atoms with van der Waals surface area (Å²) in [7, 11) is -3.51. The van der Waals surface area contributed by atoms with E-state index in [0.29, 0.717) is 19.4 Å². The lowest BCUT2D eigenvalue weighted by Crippen LogP contribution is -2.35. The Hall–Kier alpha value is -2.10. The first-order valence-electron chi connectivity index (χ1n) is 7.09. The molecule has 0 saturated heterocycles. The smallest absolute Gasteiger partial charge is 0.375 e. The van der Waals surface area contributed by atoms with E-state index in [2.05, 4.69) is 15.9 Å². The second-order valence-corrected chi connectivity index (χ2v) is 7.50. The fraction of sp³-hybridized carbons (Fsp3) is 0.312. The highest BCUT2D eigenvalue weighted by Gasteiger charge is 2.57. The maximum Gasteiger partial charge on any atom is 0.394 e. The van der Waals surface area contributed by atoms with Gasteiger partial charge < -0.3 is 4.74 Å². The molecule has 0 spiro atoms. The molecule has 5 nitrogen and oxygen atoms in total. The van der Waals surface area contributed by atoms with Gasteiger partial charge in [0.05, 0.1) is 13.2 Å². The van der Waals surface area contributed by atoms with Gasteiger partial charge in [0, 0.05) is 12.1 Å². The van der Waals surface area contributed by atoms with Gasteiger partial charge in [0.2, 0.25) is 0 Å². The zero-order chi connectivity index (χ0) is 15.5. The quantitative estimate of drug-likeness (QED) is 0.842. The van der Waals surface area contributed by atoms with Gasteiger partial charge in [0.1, 0.15) is 4.75 Å². The molecule has 0 atom stereocenters. The number of nitrogens with one attached hydrogen (secondary N) is 1. The molecule has 1 heterocycles. The van der Waals surface area contributed by atoms with Gasteiger partial charge in [-0.2, -0.15) is 18.1 Å². The van der Waals surface area contributed by atoms with Crippen LogP contribution in [0.15, 0.2) is 48.5 Å². The van der Waals surface area contributed by atoms with Gasteiger partial charge in [0.25, 0.3) is 0 Å². The second kappa shape index (κ2) is 5.95. The second-order valence-electron chi connectivity index (χ2n) is 5.42. The maximum absolute atomic E-state index is 12.5. The van der Waals surface area contributed by atoms with Gasteiger partial charge in [-0.25, -0.2) is 0 Å². The number of benzene rings is 1. The van der Waals surface area contributed by atoms with Crippen molar-refractivity contribution in [2.75, 3.05) is 11.3 Å². The minimum absolute atomic E-state index is 0.188. The number of hydrogen-bond donors (Lipinski definition) is 1. The van der Waals surface area contributed by atoms with E-state index in [-0.39, 0.29) is 12.4 Å². The molecular weight excluding hydrogens is 300 g/mol. The Labute approximate surface area is 130 Å². The molecule has 22 heavy (non-hydrogen) atoms. The van der Waals surface area contributed by atoms with Crippen LogP contribution in [0, 0.1) is 6.20 Å². The molecule has 1 fully saturated rings. The van der Waals surface area contributed by atoms with E-state index in [4.69, 9.17) is 4.74 Å². The number of sulfonamides is 1. The molecule has 1 aromatic heterocycles. The SMILES string of the molecule is O=S(=O)(Nc1cccc#[n+]1)C1(COCc2ccccc2)CC1. The van der Waals surface area contributed by atoms with Crippen molar-refractivity contribution in [3.05, 3.63) is 60.3 Å². The van der Waals surface area contributed by atoms with Crippen LogP contribution in [-0.4, -0.2) is 19.8 Å². The fourth-order valence-corrected chi connectivity index (χ4v) is 3.67. The summed E-state index contributed by atoms with van der Waals surface area (Å²) in [4.78, 5) is 3.88. The zero-order valence-electron chi connectivity index (χ0n) is 12.0. The Morgan fingerprint density at radius 2 is 1.95 bits per heavy atom. The highest BCUT2D eigenvalue weighted by molar-refractivity contribution is 7.94. The minimum Gasteiger partial charge on any atom is -0.375 e. The molecule has 3 rings (SSSR count). The van der Waals surface area contributed by atoms with Crippen LogP contribution < -0.4 is 9.71 Å². The first-order chi connectivity index (χ1) is 10.6. The average Bonchev–Trinajstić information content (AvgIpc) is 3.31. The fourth-order valence-electron chi connectivity index (χ4n) is 2.19. The third kappa shape index (κ3) is 3.21. The summed E-state index contributed by atoms with van der Waals surface area (Å²) in [5.41, 5.74) is 1.03. The molecule has 0 bridgehead atoms. The largest absolute Gasteiger partial charge is 0.394 e. The van der Waals surface area contributed by atoms with E-state index < -0.39 is 14.8 Å². The van der Waals surface area contributed by atoms with Crippen molar-refractivity contribution in [3.8, 4) is 0 Å². The summed E-state index contributed by atoms with van der Waals surface area (Å²) in [6.07, 6.45) is 3.82. The number of ether oxygens (including phenoxy) is 1. The molecule has 1 N–H and O–H groups in total. The van der Waals surface area contributed by atoms with Crippen molar-refractivity contribution in [1.82, 2.24) is 0 Å². The Kier molecular flexibility index (Phi) is 4.01. The van der Waals surface area contributed by atoms with Gasteiger partial charge in [-0.05, 0) is 24.5 Å². The van der Waals surface area contributed by atoms with Crippen molar-refractivity contribution >= 4 is 15.8 Å². The van der Waals surface area contributed by atoms with Crippen LogP contribution in [0.1, 0.15) is 18.4 Å². The summed E-state index contributed by atoms with van der Waals surface area (Å²) < 4.78 is 32.3. The summed E-state index contributed by atoms with van der Waals surface area (Å²) in [5, 5.41) is 0. The van der Waals surface area contributed by atoms with Gasteiger partial charge in [-0.15, -0.1) is 0 Å². The maximum atomic E-state index is 12.5. The van der Waals surface area contributed by atoms with E-state index >= 15 is 0 Å². The van der Waals surface area contributed by atoms with Crippen molar-refractivity contribution in [2.24, 2.45) is 0 Å². The predicted molar refractivity (Wildman–Crippen MR) is 81.5 cm³/mol. The molecule has 0 unspecified atom stereocenters. The monoisotopic (exact) mass is 317 g/mol. The van der Waals surface area contributed by atoms with E-state index in [9.17, 15) is 8.42 Å². The Balaban J connectivity index is 1.60. The summed E-state index contributed by atoms with van der Waals surface area (Å²) in [6, 6.07) is 14.6. The number of anilines is 1. The molecule has 0 aliphatic heterocycles. The lowest BCUT2D eigenvalue weighted by molar-refractivity contribution is -0.275. The van der Waals surface area contributed by atoms with Gasteiger partial charge in [-0.3, -0.25) is 0 Å². The van der Waals surface area contributed by atoms with E-state index in [1.54, 1.807) is 18.2 Å². The molecule has 0 amide bonds. The van der Waals surface area contributed by atoms with E-state index in [1.807, 2.05) is 30.3 Å². The zero-order valence-corrected chi connectivity index (χ0v) is 12.8. The number of nitrogens with zero attached hydrogens (tertiary/aromatic N) is 1. The molecule has 0 radical (unpaired) electrons. The van der Waals surface area contributed by atoms with Crippen molar-refractivity contribution in [1.29, 1.82) is 0 Å². The third-order valence-electron chi connectivity index (χ3n) is 3.70. The molecule has 1 aromatic carbocycles. The van der Waals surface area contributed by atoms with Crippen LogP contribution in [0.4, 0.5) is 5.82 Å². The van der Waals surface area contributed by atoms with Crippen LogP contribution in [-0.2, 0) is 21.4 Å². The van der Waals surface area contributed by atoms with Gasteiger partial charge in [0.15, 0.2) is 6.20 Å². The summed E-state index contributed by atoms with van der Waals surface area (Å²) in [5.74, 6) is 0.289. The van der Waals surface area contributed by atoms with Crippen molar-refractivity contribution < 1.29 is 18.1 Å². The molecule has 1 saturated carbocycles. The van der Waals surface area contributed by atoms with E-state index in [0.717, 1.165) is 5.56 Å². The lowest BCUT2D eigenvalue weighted by atomic mass is 10.2. The van der Waals surface area contributed by atoms with Crippen molar-refractivity contribution in [2.45, 2.75) is 24.2 Å². The number of aromatic nitrogens is 1.